The minimum absolute atomic E-state index is 0.0938. The Labute approximate surface area is 167 Å². The molecule has 9 nitrogen and oxygen atoms in total. The molecule has 0 atom stereocenters. The summed E-state index contributed by atoms with van der Waals surface area (Å²) in [7, 11) is 0. The third-order valence-corrected chi connectivity index (χ3v) is 5.74. The lowest BCUT2D eigenvalue weighted by molar-refractivity contribution is 0.215. The molecule has 1 aliphatic heterocycles. The van der Waals surface area contributed by atoms with Crippen LogP contribution in [0.3, 0.4) is 0 Å². The second-order valence-electron chi connectivity index (χ2n) is 6.78. The molecular weight excluding hydrogens is 376 g/mol. The highest BCUT2D eigenvalue weighted by molar-refractivity contribution is 7.13. The van der Waals surface area contributed by atoms with E-state index in [0.29, 0.717) is 6.54 Å². The molecule has 3 heterocycles. The van der Waals surface area contributed by atoms with Crippen molar-refractivity contribution >= 4 is 28.2 Å². The third-order valence-electron chi connectivity index (χ3n) is 4.72. The molecular formula is C18H22N8OS. The van der Waals surface area contributed by atoms with E-state index in [1.165, 1.54) is 6.33 Å². The van der Waals surface area contributed by atoms with Crippen LogP contribution in [-0.4, -0.2) is 62.3 Å². The van der Waals surface area contributed by atoms with Crippen molar-refractivity contribution in [3.8, 4) is 5.69 Å². The van der Waals surface area contributed by atoms with Gasteiger partial charge in [0.1, 0.15) is 6.33 Å². The van der Waals surface area contributed by atoms with Gasteiger partial charge in [-0.1, -0.05) is 6.07 Å². The zero-order valence-electron chi connectivity index (χ0n) is 15.9. The van der Waals surface area contributed by atoms with Crippen LogP contribution in [0.4, 0.5) is 15.6 Å². The first-order chi connectivity index (χ1) is 13.6. The Morgan fingerprint density at radius 2 is 2.07 bits per heavy atom. The smallest absolute Gasteiger partial charge is 0.321 e. The monoisotopic (exact) mass is 398 g/mol. The number of urea groups is 1. The van der Waals surface area contributed by atoms with Gasteiger partial charge in [-0.3, -0.25) is 0 Å². The van der Waals surface area contributed by atoms with E-state index in [9.17, 15) is 4.79 Å². The van der Waals surface area contributed by atoms with Crippen LogP contribution >= 0.6 is 11.3 Å². The van der Waals surface area contributed by atoms with Gasteiger partial charge in [-0.2, -0.15) is 0 Å². The molecule has 1 fully saturated rings. The number of rotatable bonds is 3. The molecule has 3 aromatic rings. The fraction of sp³-hybridized carbons (Fsp3) is 0.389. The van der Waals surface area contributed by atoms with Gasteiger partial charge >= 0.3 is 6.03 Å². The van der Waals surface area contributed by atoms with E-state index in [2.05, 4.69) is 36.1 Å². The molecule has 1 N–H and O–H groups in total. The van der Waals surface area contributed by atoms with E-state index in [1.807, 2.05) is 36.9 Å². The molecule has 0 saturated carbocycles. The molecule has 10 heteroatoms. The number of nitrogens with one attached hydrogen (secondary N) is 1. The summed E-state index contributed by atoms with van der Waals surface area (Å²) < 4.78 is 1.59. The zero-order valence-corrected chi connectivity index (χ0v) is 16.7. The normalized spacial score (nSPS) is 14.8. The Hall–Kier alpha value is -3.01. The molecule has 0 bridgehead atoms. The predicted octanol–water partition coefficient (Wildman–Crippen LogP) is 2.48. The van der Waals surface area contributed by atoms with Crippen LogP contribution in [0.15, 0.2) is 29.9 Å². The van der Waals surface area contributed by atoms with Gasteiger partial charge in [0, 0.05) is 37.2 Å². The van der Waals surface area contributed by atoms with E-state index in [4.69, 9.17) is 0 Å². The zero-order chi connectivity index (χ0) is 19.5. The highest BCUT2D eigenvalue weighted by atomic mass is 32.1. The largest absolute Gasteiger partial charge is 0.346 e. The van der Waals surface area contributed by atoms with Crippen molar-refractivity contribution in [3.63, 3.8) is 0 Å². The minimum atomic E-state index is -0.0938. The Morgan fingerprint density at radius 1 is 1.18 bits per heavy atom. The highest BCUT2D eigenvalue weighted by Crippen LogP contribution is 2.22. The lowest BCUT2D eigenvalue weighted by Crippen LogP contribution is -2.38. The maximum Gasteiger partial charge on any atom is 0.321 e. The predicted molar refractivity (Wildman–Crippen MR) is 108 cm³/mol. The van der Waals surface area contributed by atoms with Crippen LogP contribution in [0, 0.1) is 13.8 Å². The van der Waals surface area contributed by atoms with Crippen LogP contribution < -0.4 is 10.2 Å². The maximum absolute atomic E-state index is 12.8. The molecule has 1 saturated heterocycles. The molecule has 0 radical (unpaired) electrons. The topological polar surface area (TPSA) is 92.1 Å². The van der Waals surface area contributed by atoms with Crippen molar-refractivity contribution in [2.24, 2.45) is 0 Å². The number of benzene rings is 1. The number of carbonyl (C=O) groups excluding carboxylic acids is 1. The van der Waals surface area contributed by atoms with Gasteiger partial charge in [-0.05, 0) is 48.4 Å². The highest BCUT2D eigenvalue weighted by Gasteiger charge is 2.21. The Bertz CT molecular complexity index is 954. The number of aromatic nitrogens is 5. The molecule has 28 heavy (non-hydrogen) atoms. The number of hydrogen-bond acceptors (Lipinski definition) is 7. The number of tetrazole rings is 1. The average molecular weight is 398 g/mol. The van der Waals surface area contributed by atoms with Crippen LogP contribution in [-0.2, 0) is 0 Å². The van der Waals surface area contributed by atoms with E-state index in [-0.39, 0.29) is 6.03 Å². The number of thiazole rings is 1. The molecule has 0 spiro atoms. The molecule has 146 valence electrons. The fourth-order valence-corrected chi connectivity index (χ4v) is 4.06. The van der Waals surface area contributed by atoms with Gasteiger partial charge in [0.2, 0.25) is 0 Å². The number of anilines is 2. The van der Waals surface area contributed by atoms with Crippen molar-refractivity contribution in [2.45, 2.75) is 20.3 Å². The summed E-state index contributed by atoms with van der Waals surface area (Å²) in [5.41, 5.74) is 3.62. The summed E-state index contributed by atoms with van der Waals surface area (Å²) in [4.78, 5) is 21.5. The maximum atomic E-state index is 12.8. The van der Waals surface area contributed by atoms with Crippen LogP contribution in [0.5, 0.6) is 0 Å². The van der Waals surface area contributed by atoms with Gasteiger partial charge < -0.3 is 15.1 Å². The fourth-order valence-electron chi connectivity index (χ4n) is 3.21. The van der Waals surface area contributed by atoms with Crippen molar-refractivity contribution in [1.29, 1.82) is 0 Å². The Kier molecular flexibility index (Phi) is 5.20. The van der Waals surface area contributed by atoms with E-state index >= 15 is 0 Å². The van der Waals surface area contributed by atoms with Crippen molar-refractivity contribution in [3.05, 3.63) is 41.2 Å². The summed E-state index contributed by atoms with van der Waals surface area (Å²) in [6.45, 7) is 7.05. The van der Waals surface area contributed by atoms with Crippen LogP contribution in [0.1, 0.15) is 17.7 Å². The summed E-state index contributed by atoms with van der Waals surface area (Å²) in [6, 6.07) is 5.63. The molecule has 0 aliphatic carbocycles. The molecule has 2 aromatic heterocycles. The molecule has 2 amide bonds. The first kappa shape index (κ1) is 18.4. The standard InChI is InChI=1S/C18H22N8OS/c1-13-4-5-15(10-16(13)26-12-19-22-23-26)21-17(27)24-6-3-7-25(9-8-24)18-20-14(2)11-28-18/h4-5,10-12H,3,6-9H2,1-2H3,(H,21,27). The Morgan fingerprint density at radius 3 is 2.82 bits per heavy atom. The summed E-state index contributed by atoms with van der Waals surface area (Å²) in [6.07, 6.45) is 2.45. The van der Waals surface area contributed by atoms with Crippen molar-refractivity contribution < 1.29 is 4.79 Å². The number of amides is 2. The van der Waals surface area contributed by atoms with E-state index in [1.54, 1.807) is 16.0 Å². The minimum Gasteiger partial charge on any atom is -0.346 e. The number of hydrogen-bond donors (Lipinski definition) is 1. The van der Waals surface area contributed by atoms with Gasteiger partial charge in [-0.25, -0.2) is 14.5 Å². The lowest BCUT2D eigenvalue weighted by Gasteiger charge is -2.22. The lowest BCUT2D eigenvalue weighted by atomic mass is 10.2. The second kappa shape index (κ2) is 7.93. The van der Waals surface area contributed by atoms with Crippen molar-refractivity contribution in [2.75, 3.05) is 36.4 Å². The first-order valence-electron chi connectivity index (χ1n) is 9.17. The van der Waals surface area contributed by atoms with Gasteiger partial charge in [-0.15, -0.1) is 16.4 Å². The number of aryl methyl sites for hydroxylation is 2. The molecule has 0 unspecified atom stereocenters. The SMILES string of the molecule is Cc1csc(N2CCCN(C(=O)Nc3ccc(C)c(-n4cnnn4)c3)CC2)n1. The molecule has 1 aromatic carbocycles. The third kappa shape index (κ3) is 3.96. The average Bonchev–Trinajstić information content (AvgIpc) is 3.30. The van der Waals surface area contributed by atoms with Gasteiger partial charge in [0.15, 0.2) is 5.13 Å². The van der Waals surface area contributed by atoms with Gasteiger partial charge in [0.05, 0.1) is 11.4 Å². The number of nitrogens with zero attached hydrogens (tertiary/aromatic N) is 7. The summed E-state index contributed by atoms with van der Waals surface area (Å²) in [5, 5.41) is 17.4. The van der Waals surface area contributed by atoms with Gasteiger partial charge in [0.25, 0.3) is 0 Å². The van der Waals surface area contributed by atoms with Crippen LogP contribution in [0.2, 0.25) is 0 Å². The van der Waals surface area contributed by atoms with Crippen molar-refractivity contribution in [1.82, 2.24) is 30.1 Å². The second-order valence-corrected chi connectivity index (χ2v) is 7.62. The quantitative estimate of drug-likeness (QED) is 0.729. The molecule has 1 aliphatic rings. The van der Waals surface area contributed by atoms with E-state index < -0.39 is 0 Å². The molecule has 4 rings (SSSR count). The first-order valence-corrected chi connectivity index (χ1v) is 10.0. The Balaban J connectivity index is 1.42. The number of carbonyl (C=O) groups is 1. The summed E-state index contributed by atoms with van der Waals surface area (Å²) >= 11 is 1.66. The van der Waals surface area contributed by atoms with Crippen LogP contribution in [0.25, 0.3) is 5.69 Å². The van der Waals surface area contributed by atoms with E-state index in [0.717, 1.165) is 53.8 Å². The summed E-state index contributed by atoms with van der Waals surface area (Å²) in [5.74, 6) is 0.